The molecule has 0 aromatic carbocycles. The second-order valence-electron chi connectivity index (χ2n) is 3.12. The summed E-state index contributed by atoms with van der Waals surface area (Å²) < 4.78 is 15.0. The van der Waals surface area contributed by atoms with Crippen molar-refractivity contribution in [3.05, 3.63) is 12.0 Å². The second kappa shape index (κ2) is 8.87. The van der Waals surface area contributed by atoms with Crippen molar-refractivity contribution in [3.8, 4) is 0 Å². The molecule has 1 unspecified atom stereocenters. The van der Waals surface area contributed by atoms with Crippen LogP contribution in [0.25, 0.3) is 0 Å². The number of carbonyl (C=O) groups is 1. The molecule has 1 aliphatic rings. The zero-order valence-corrected chi connectivity index (χ0v) is 11.7. The van der Waals surface area contributed by atoms with Crippen LogP contribution in [0, 0.1) is 0 Å². The van der Waals surface area contributed by atoms with Crippen LogP contribution in [0.4, 0.5) is 0 Å². The van der Waals surface area contributed by atoms with E-state index in [1.807, 2.05) is 0 Å². The molecule has 0 aromatic rings. The Morgan fingerprint density at radius 2 is 2.31 bits per heavy atom. The molecule has 6 heteroatoms. The van der Waals surface area contributed by atoms with E-state index >= 15 is 0 Å². The smallest absolute Gasteiger partial charge is 0.875 e. The summed E-state index contributed by atoms with van der Waals surface area (Å²) in [4.78, 5) is 11.2. The van der Waals surface area contributed by atoms with Crippen LogP contribution in [0.15, 0.2) is 12.0 Å². The maximum absolute atomic E-state index is 11.2. The fourth-order valence-corrected chi connectivity index (χ4v) is 1.27. The number of rotatable bonds is 4. The molecule has 1 fully saturated rings. The van der Waals surface area contributed by atoms with Gasteiger partial charge in [0.25, 0.3) is 0 Å². The molecular weight excluding hydrogens is 223 g/mol. The summed E-state index contributed by atoms with van der Waals surface area (Å²) in [6, 6.07) is 0. The van der Waals surface area contributed by atoms with Gasteiger partial charge < -0.3 is 19.3 Å². The standard InChI is InChI=1S/C10H16O5.Na/c1-2-13-10(12)8(7-11)15-9-5-3-4-6-14-9;/h7,9,11H,2-6H2,1H3;/q;+1/p-1. The summed E-state index contributed by atoms with van der Waals surface area (Å²) in [6.07, 6.45) is 2.51. The van der Waals surface area contributed by atoms with Gasteiger partial charge in [-0.2, -0.15) is 0 Å². The van der Waals surface area contributed by atoms with Crippen molar-refractivity contribution in [1.29, 1.82) is 0 Å². The van der Waals surface area contributed by atoms with Gasteiger partial charge >= 0.3 is 35.5 Å². The Hall–Kier alpha value is -0.230. The summed E-state index contributed by atoms with van der Waals surface area (Å²) in [6.45, 7) is 2.47. The predicted octanol–water partition coefficient (Wildman–Crippen LogP) is -2.70. The minimum atomic E-state index is -0.735. The molecule has 1 atom stereocenters. The number of ether oxygens (including phenoxy) is 3. The van der Waals surface area contributed by atoms with E-state index in [-0.39, 0.29) is 41.9 Å². The molecule has 0 aliphatic carbocycles. The Morgan fingerprint density at radius 3 is 2.81 bits per heavy atom. The van der Waals surface area contributed by atoms with Crippen LogP contribution in [0.3, 0.4) is 0 Å². The molecule has 0 saturated carbocycles. The number of hydrogen-bond donors (Lipinski definition) is 0. The third-order valence-electron chi connectivity index (χ3n) is 1.98. The maximum Gasteiger partial charge on any atom is 1.00 e. The molecular formula is C10H15NaO5. The topological polar surface area (TPSA) is 67.8 Å². The van der Waals surface area contributed by atoms with Gasteiger partial charge in [0.05, 0.1) is 13.2 Å². The van der Waals surface area contributed by atoms with Crippen molar-refractivity contribution in [2.45, 2.75) is 32.5 Å². The van der Waals surface area contributed by atoms with Gasteiger partial charge in [-0.15, -0.1) is 0 Å². The maximum atomic E-state index is 11.2. The zero-order valence-electron chi connectivity index (χ0n) is 9.73. The fraction of sp³-hybridized carbons (Fsp3) is 0.700. The first-order chi connectivity index (χ1) is 7.27. The summed E-state index contributed by atoms with van der Waals surface area (Å²) in [5.74, 6) is -1.05. The zero-order chi connectivity index (χ0) is 11.1. The van der Waals surface area contributed by atoms with Gasteiger partial charge in [0.2, 0.25) is 0 Å². The molecule has 0 spiro atoms. The van der Waals surface area contributed by atoms with Crippen molar-refractivity contribution < 1.29 is 53.7 Å². The van der Waals surface area contributed by atoms with Crippen LogP contribution in [-0.4, -0.2) is 25.5 Å². The monoisotopic (exact) mass is 238 g/mol. The van der Waals surface area contributed by atoms with Gasteiger partial charge in [0.15, 0.2) is 12.0 Å². The van der Waals surface area contributed by atoms with Crippen molar-refractivity contribution in [2.24, 2.45) is 0 Å². The summed E-state index contributed by atoms with van der Waals surface area (Å²) in [5, 5.41) is 10.6. The van der Waals surface area contributed by atoms with Gasteiger partial charge in [-0.05, 0) is 19.8 Å². The Labute approximate surface area is 117 Å². The first-order valence-electron chi connectivity index (χ1n) is 5.05. The quantitative estimate of drug-likeness (QED) is 0.231. The average Bonchev–Trinajstić information content (AvgIpc) is 2.27. The van der Waals surface area contributed by atoms with Gasteiger partial charge in [0.1, 0.15) is 0 Å². The Morgan fingerprint density at radius 1 is 1.56 bits per heavy atom. The summed E-state index contributed by atoms with van der Waals surface area (Å²) in [7, 11) is 0. The number of hydrogen-bond acceptors (Lipinski definition) is 5. The van der Waals surface area contributed by atoms with E-state index in [1.165, 1.54) is 0 Å². The number of esters is 1. The third-order valence-corrected chi connectivity index (χ3v) is 1.98. The molecule has 16 heavy (non-hydrogen) atoms. The second-order valence-corrected chi connectivity index (χ2v) is 3.12. The molecule has 1 aliphatic heterocycles. The Bertz CT molecular complexity index is 235. The van der Waals surface area contributed by atoms with Gasteiger partial charge in [0, 0.05) is 6.42 Å². The molecule has 0 amide bonds. The van der Waals surface area contributed by atoms with Gasteiger partial charge in [-0.3, -0.25) is 0 Å². The summed E-state index contributed by atoms with van der Waals surface area (Å²) in [5.41, 5.74) is 0. The van der Waals surface area contributed by atoms with E-state index < -0.39 is 12.3 Å². The van der Waals surface area contributed by atoms with Crippen LogP contribution < -0.4 is 34.7 Å². The third kappa shape index (κ3) is 5.21. The molecule has 0 N–H and O–H groups in total. The molecule has 0 radical (unpaired) electrons. The Kier molecular flexibility index (Phi) is 8.74. The van der Waals surface area contributed by atoms with Crippen LogP contribution >= 0.6 is 0 Å². The van der Waals surface area contributed by atoms with Crippen LogP contribution in [0.5, 0.6) is 0 Å². The molecule has 5 nitrogen and oxygen atoms in total. The first kappa shape index (κ1) is 15.8. The SMILES string of the molecule is CCOC(=O)C(=C[O-])OC1CCCCO1.[Na+]. The van der Waals surface area contributed by atoms with Crippen molar-refractivity contribution in [2.75, 3.05) is 13.2 Å². The Balaban J connectivity index is 0.00000225. The predicted molar refractivity (Wildman–Crippen MR) is 49.4 cm³/mol. The molecule has 0 bridgehead atoms. The van der Waals surface area contributed by atoms with Gasteiger partial charge in [-0.25, -0.2) is 4.79 Å². The average molecular weight is 238 g/mol. The molecule has 0 aromatic heterocycles. The van der Waals surface area contributed by atoms with Gasteiger partial charge in [-0.1, -0.05) is 6.26 Å². The van der Waals surface area contributed by atoms with E-state index in [4.69, 9.17) is 9.47 Å². The molecule has 1 rings (SSSR count). The van der Waals surface area contributed by atoms with Crippen molar-refractivity contribution >= 4 is 5.97 Å². The van der Waals surface area contributed by atoms with Crippen LogP contribution in [0.2, 0.25) is 0 Å². The van der Waals surface area contributed by atoms with Crippen LogP contribution in [-0.2, 0) is 19.0 Å². The van der Waals surface area contributed by atoms with E-state index in [0.29, 0.717) is 19.3 Å². The first-order valence-corrected chi connectivity index (χ1v) is 5.05. The number of carbonyl (C=O) groups excluding carboxylic acids is 1. The normalized spacial score (nSPS) is 20.8. The van der Waals surface area contributed by atoms with Crippen molar-refractivity contribution in [1.82, 2.24) is 0 Å². The molecule has 86 valence electrons. The van der Waals surface area contributed by atoms with E-state index in [9.17, 15) is 9.90 Å². The van der Waals surface area contributed by atoms with Crippen LogP contribution in [0.1, 0.15) is 26.2 Å². The van der Waals surface area contributed by atoms with E-state index in [2.05, 4.69) is 4.74 Å². The fourth-order valence-electron chi connectivity index (χ4n) is 1.27. The molecule has 1 saturated heterocycles. The molecule has 1 heterocycles. The van der Waals surface area contributed by atoms with E-state index in [1.54, 1.807) is 6.92 Å². The summed E-state index contributed by atoms with van der Waals surface area (Å²) >= 11 is 0. The van der Waals surface area contributed by atoms with E-state index in [0.717, 1.165) is 12.8 Å². The van der Waals surface area contributed by atoms with Crippen molar-refractivity contribution in [3.63, 3.8) is 0 Å². The minimum Gasteiger partial charge on any atom is -0.875 e. The minimum absolute atomic E-state index is 0. The largest absolute Gasteiger partial charge is 1.00 e.